The first kappa shape index (κ1) is 20.7. The maximum atomic E-state index is 12.9. The largest absolute Gasteiger partial charge is 0.497 e. The van der Waals surface area contributed by atoms with Gasteiger partial charge in [-0.25, -0.2) is 0 Å². The van der Waals surface area contributed by atoms with E-state index in [0.29, 0.717) is 55.5 Å². The molecular formula is C22H26N2O5. The number of para-hydroxylation sites is 1. The van der Waals surface area contributed by atoms with Crippen molar-refractivity contribution in [3.05, 3.63) is 54.1 Å². The summed E-state index contributed by atoms with van der Waals surface area (Å²) in [6, 6.07) is 14.1. The summed E-state index contributed by atoms with van der Waals surface area (Å²) in [4.78, 5) is 27.4. The highest BCUT2D eigenvalue weighted by Gasteiger charge is 2.24. The van der Waals surface area contributed by atoms with E-state index in [0.717, 1.165) is 0 Å². The molecular weight excluding hydrogens is 372 g/mol. The summed E-state index contributed by atoms with van der Waals surface area (Å²) in [7, 11) is 1.59. The van der Waals surface area contributed by atoms with Gasteiger partial charge in [0.15, 0.2) is 6.10 Å². The summed E-state index contributed by atoms with van der Waals surface area (Å²) in [5.74, 6) is 0.870. The Hall–Kier alpha value is -3.06. The monoisotopic (exact) mass is 398 g/mol. The Balaban J connectivity index is 1.70. The minimum atomic E-state index is -0.685. The van der Waals surface area contributed by atoms with Crippen molar-refractivity contribution < 1.29 is 23.8 Å². The van der Waals surface area contributed by atoms with Crippen LogP contribution >= 0.6 is 0 Å². The number of ether oxygens (including phenoxy) is 3. The van der Waals surface area contributed by atoms with Gasteiger partial charge in [-0.2, -0.15) is 0 Å². The van der Waals surface area contributed by atoms with Gasteiger partial charge >= 0.3 is 0 Å². The Kier molecular flexibility index (Phi) is 7.08. The molecule has 1 N–H and O–H groups in total. The molecule has 1 atom stereocenters. The predicted octanol–water partition coefficient (Wildman–Crippen LogP) is 2.96. The Morgan fingerprint density at radius 3 is 2.38 bits per heavy atom. The first-order valence-electron chi connectivity index (χ1n) is 9.70. The summed E-state index contributed by atoms with van der Waals surface area (Å²) in [5.41, 5.74) is 0.938. The summed E-state index contributed by atoms with van der Waals surface area (Å²) < 4.78 is 16.3. The Bertz CT molecular complexity index is 831. The Morgan fingerprint density at radius 2 is 1.72 bits per heavy atom. The lowest BCUT2D eigenvalue weighted by Gasteiger charge is -2.27. The fourth-order valence-corrected chi connectivity index (χ4v) is 3.07. The van der Waals surface area contributed by atoms with E-state index in [1.54, 1.807) is 60.5 Å². The molecule has 0 aromatic heterocycles. The quantitative estimate of drug-likeness (QED) is 0.776. The van der Waals surface area contributed by atoms with Crippen molar-refractivity contribution in [2.75, 3.05) is 38.7 Å². The van der Waals surface area contributed by atoms with Gasteiger partial charge in [-0.1, -0.05) is 19.1 Å². The van der Waals surface area contributed by atoms with Gasteiger partial charge < -0.3 is 24.4 Å². The number of morpholine rings is 1. The maximum absolute atomic E-state index is 12.9. The van der Waals surface area contributed by atoms with Gasteiger partial charge in [0.2, 0.25) is 0 Å². The number of nitrogens with one attached hydrogen (secondary N) is 1. The standard InChI is InChI=1S/C22H26N2O5/c1-3-20(29-17-10-8-16(27-2)9-11-17)21(25)23-19-7-5-4-6-18(19)22(26)24-12-14-28-15-13-24/h4-11,20H,3,12-15H2,1-2H3,(H,23,25)/t20-/m1/s1. The van der Waals surface area contributed by atoms with Crippen molar-refractivity contribution in [2.24, 2.45) is 0 Å². The second-order valence-electron chi connectivity index (χ2n) is 6.63. The molecule has 0 radical (unpaired) electrons. The lowest BCUT2D eigenvalue weighted by molar-refractivity contribution is -0.122. The van der Waals surface area contributed by atoms with E-state index in [-0.39, 0.29) is 11.8 Å². The molecule has 2 aromatic rings. The van der Waals surface area contributed by atoms with Crippen LogP contribution in [-0.4, -0.2) is 56.2 Å². The molecule has 0 spiro atoms. The average Bonchev–Trinajstić information content (AvgIpc) is 2.78. The van der Waals surface area contributed by atoms with Crippen LogP contribution in [-0.2, 0) is 9.53 Å². The molecule has 0 unspecified atom stereocenters. The van der Waals surface area contributed by atoms with E-state index in [2.05, 4.69) is 5.32 Å². The van der Waals surface area contributed by atoms with E-state index in [1.807, 2.05) is 6.92 Å². The minimum absolute atomic E-state index is 0.117. The molecule has 1 aliphatic rings. The number of hydrogen-bond donors (Lipinski definition) is 1. The number of nitrogens with zero attached hydrogens (tertiary/aromatic N) is 1. The summed E-state index contributed by atoms with van der Waals surface area (Å²) >= 11 is 0. The molecule has 1 fully saturated rings. The van der Waals surface area contributed by atoms with E-state index >= 15 is 0 Å². The van der Waals surface area contributed by atoms with E-state index in [4.69, 9.17) is 14.2 Å². The first-order valence-corrected chi connectivity index (χ1v) is 9.70. The van der Waals surface area contributed by atoms with Crippen molar-refractivity contribution in [1.29, 1.82) is 0 Å². The fraction of sp³-hybridized carbons (Fsp3) is 0.364. The second kappa shape index (κ2) is 9.93. The summed E-state index contributed by atoms with van der Waals surface area (Å²) in [6.07, 6.45) is -0.202. The number of hydrogen-bond acceptors (Lipinski definition) is 5. The van der Waals surface area contributed by atoms with Crippen LogP contribution in [0, 0.1) is 0 Å². The third-order valence-corrected chi connectivity index (χ3v) is 4.71. The Morgan fingerprint density at radius 1 is 1.07 bits per heavy atom. The average molecular weight is 398 g/mol. The number of carbonyl (C=O) groups excluding carboxylic acids is 2. The van der Waals surface area contributed by atoms with Crippen LogP contribution in [0.2, 0.25) is 0 Å². The van der Waals surface area contributed by atoms with Gasteiger partial charge in [0.05, 0.1) is 31.6 Å². The highest BCUT2D eigenvalue weighted by atomic mass is 16.5. The molecule has 1 aliphatic heterocycles. The summed E-state index contributed by atoms with van der Waals surface area (Å²) in [6.45, 7) is 4.00. The smallest absolute Gasteiger partial charge is 0.265 e. The molecule has 29 heavy (non-hydrogen) atoms. The van der Waals surface area contributed by atoms with Gasteiger partial charge in [-0.3, -0.25) is 9.59 Å². The highest BCUT2D eigenvalue weighted by molar-refractivity contribution is 6.04. The maximum Gasteiger partial charge on any atom is 0.265 e. The number of rotatable bonds is 7. The molecule has 7 nitrogen and oxygen atoms in total. The van der Waals surface area contributed by atoms with Crippen LogP contribution < -0.4 is 14.8 Å². The van der Waals surface area contributed by atoms with E-state index in [1.165, 1.54) is 0 Å². The zero-order chi connectivity index (χ0) is 20.6. The zero-order valence-electron chi connectivity index (χ0n) is 16.7. The molecule has 0 saturated carbocycles. The molecule has 3 rings (SSSR count). The van der Waals surface area contributed by atoms with E-state index < -0.39 is 6.10 Å². The van der Waals surface area contributed by atoms with Crippen LogP contribution in [0.15, 0.2) is 48.5 Å². The summed E-state index contributed by atoms with van der Waals surface area (Å²) in [5, 5.41) is 2.86. The number of amides is 2. The lowest BCUT2D eigenvalue weighted by Crippen LogP contribution is -2.41. The van der Waals surface area contributed by atoms with Gasteiger partial charge in [0, 0.05) is 13.1 Å². The minimum Gasteiger partial charge on any atom is -0.497 e. The highest BCUT2D eigenvalue weighted by Crippen LogP contribution is 2.21. The van der Waals surface area contributed by atoms with Gasteiger partial charge in [0.1, 0.15) is 11.5 Å². The molecule has 154 valence electrons. The number of anilines is 1. The zero-order valence-corrected chi connectivity index (χ0v) is 16.7. The lowest BCUT2D eigenvalue weighted by atomic mass is 10.1. The van der Waals surface area contributed by atoms with E-state index in [9.17, 15) is 9.59 Å². The second-order valence-corrected chi connectivity index (χ2v) is 6.63. The van der Waals surface area contributed by atoms with Crippen LogP contribution in [0.4, 0.5) is 5.69 Å². The molecule has 0 bridgehead atoms. The van der Waals surface area contributed by atoms with Crippen molar-refractivity contribution in [2.45, 2.75) is 19.4 Å². The Labute approximate surface area is 170 Å². The molecule has 1 heterocycles. The van der Waals surface area contributed by atoms with Crippen LogP contribution in [0.5, 0.6) is 11.5 Å². The van der Waals surface area contributed by atoms with Crippen molar-refractivity contribution >= 4 is 17.5 Å². The molecule has 1 saturated heterocycles. The van der Waals surface area contributed by atoms with Crippen molar-refractivity contribution in [3.63, 3.8) is 0 Å². The molecule has 2 amide bonds. The molecule has 0 aliphatic carbocycles. The van der Waals surface area contributed by atoms with Crippen LogP contribution in [0.3, 0.4) is 0 Å². The van der Waals surface area contributed by atoms with Gasteiger partial charge in [-0.15, -0.1) is 0 Å². The van der Waals surface area contributed by atoms with Crippen LogP contribution in [0.25, 0.3) is 0 Å². The topological polar surface area (TPSA) is 77.1 Å². The molecule has 2 aromatic carbocycles. The fourth-order valence-electron chi connectivity index (χ4n) is 3.07. The first-order chi connectivity index (χ1) is 14.1. The molecule has 7 heteroatoms. The van der Waals surface area contributed by atoms with Gasteiger partial charge in [-0.05, 0) is 42.8 Å². The third kappa shape index (κ3) is 5.26. The third-order valence-electron chi connectivity index (χ3n) is 4.71. The van der Waals surface area contributed by atoms with Crippen LogP contribution in [0.1, 0.15) is 23.7 Å². The van der Waals surface area contributed by atoms with Crippen molar-refractivity contribution in [1.82, 2.24) is 4.90 Å². The number of methoxy groups -OCH3 is 1. The number of benzene rings is 2. The van der Waals surface area contributed by atoms with Gasteiger partial charge in [0.25, 0.3) is 11.8 Å². The predicted molar refractivity (Wildman–Crippen MR) is 109 cm³/mol. The SMILES string of the molecule is CC[C@@H](Oc1ccc(OC)cc1)C(=O)Nc1ccccc1C(=O)N1CCOCC1. The normalized spacial score (nSPS) is 14.8. The van der Waals surface area contributed by atoms with Crippen molar-refractivity contribution in [3.8, 4) is 11.5 Å². The number of carbonyl (C=O) groups is 2.